The van der Waals surface area contributed by atoms with Crippen LogP contribution in [0.4, 0.5) is 0 Å². The summed E-state index contributed by atoms with van der Waals surface area (Å²) >= 11 is 0.740. The molecule has 158 valence electrons. The molecule has 0 saturated carbocycles. The van der Waals surface area contributed by atoms with Crippen LogP contribution in [0.3, 0.4) is 0 Å². The third-order valence-electron chi connectivity index (χ3n) is 4.75. The zero-order valence-corrected chi connectivity index (χ0v) is 17.8. The van der Waals surface area contributed by atoms with E-state index in [-0.39, 0.29) is 12.3 Å². The van der Waals surface area contributed by atoms with Crippen LogP contribution in [-0.4, -0.2) is 33.4 Å². The standard InChI is InChI=1S/C25H23NO4S/c1-17(26-23(27)21-10-6-3-7-11-21)25(30)31-22(24(28)29)16-18-12-14-20(15-13-18)19-8-4-2-5-9-19/h2-15,17,22H,16H2,1H3,(H,26,27)(H,28,29)/t17-,22-/m0/s1. The van der Waals surface area contributed by atoms with Crippen molar-refractivity contribution in [3.05, 3.63) is 96.1 Å². The van der Waals surface area contributed by atoms with Crippen molar-refractivity contribution in [1.82, 2.24) is 5.32 Å². The number of thioether (sulfide) groups is 1. The molecule has 0 fully saturated rings. The molecule has 3 rings (SSSR count). The molecule has 0 bridgehead atoms. The smallest absolute Gasteiger partial charge is 0.317 e. The Morgan fingerprint density at radius 2 is 1.39 bits per heavy atom. The lowest BCUT2D eigenvalue weighted by Crippen LogP contribution is -2.38. The lowest BCUT2D eigenvalue weighted by atomic mass is 10.0. The van der Waals surface area contributed by atoms with E-state index in [0.29, 0.717) is 5.56 Å². The average Bonchev–Trinajstić information content (AvgIpc) is 2.80. The van der Waals surface area contributed by atoms with Crippen LogP contribution in [0.2, 0.25) is 0 Å². The first kappa shape index (κ1) is 22.3. The van der Waals surface area contributed by atoms with Crippen LogP contribution in [0.1, 0.15) is 22.8 Å². The second kappa shape index (κ2) is 10.6. The summed E-state index contributed by atoms with van der Waals surface area (Å²) < 4.78 is 0. The Hall–Kier alpha value is -3.38. The zero-order chi connectivity index (χ0) is 22.2. The van der Waals surface area contributed by atoms with E-state index in [4.69, 9.17) is 0 Å². The Morgan fingerprint density at radius 3 is 1.97 bits per heavy atom. The fourth-order valence-electron chi connectivity index (χ4n) is 3.03. The maximum atomic E-state index is 12.5. The fraction of sp³-hybridized carbons (Fsp3) is 0.160. The van der Waals surface area contributed by atoms with Crippen LogP contribution >= 0.6 is 11.8 Å². The predicted octanol–water partition coefficient (Wildman–Crippen LogP) is 4.43. The summed E-state index contributed by atoms with van der Waals surface area (Å²) in [6.45, 7) is 1.56. The van der Waals surface area contributed by atoms with Crippen LogP contribution in [0.25, 0.3) is 11.1 Å². The highest BCUT2D eigenvalue weighted by Crippen LogP contribution is 2.23. The Kier molecular flexibility index (Phi) is 7.62. The van der Waals surface area contributed by atoms with Crippen molar-refractivity contribution in [2.24, 2.45) is 0 Å². The summed E-state index contributed by atoms with van der Waals surface area (Å²) in [4.78, 5) is 36.5. The summed E-state index contributed by atoms with van der Waals surface area (Å²) in [6, 6.07) is 25.3. The molecule has 3 aromatic rings. The quantitative estimate of drug-likeness (QED) is 0.549. The molecule has 0 unspecified atom stereocenters. The van der Waals surface area contributed by atoms with Crippen molar-refractivity contribution >= 4 is 28.8 Å². The number of carbonyl (C=O) groups excluding carboxylic acids is 2. The predicted molar refractivity (Wildman–Crippen MR) is 123 cm³/mol. The molecule has 0 spiro atoms. The zero-order valence-electron chi connectivity index (χ0n) is 17.0. The lowest BCUT2D eigenvalue weighted by molar-refractivity contribution is -0.136. The molecule has 0 heterocycles. The fourth-order valence-corrected chi connectivity index (χ4v) is 3.95. The van der Waals surface area contributed by atoms with Gasteiger partial charge < -0.3 is 10.4 Å². The van der Waals surface area contributed by atoms with E-state index in [9.17, 15) is 19.5 Å². The van der Waals surface area contributed by atoms with Gasteiger partial charge in [0.1, 0.15) is 5.25 Å². The van der Waals surface area contributed by atoms with Gasteiger partial charge in [0.05, 0.1) is 6.04 Å². The largest absolute Gasteiger partial charge is 0.480 e. The first-order valence-electron chi connectivity index (χ1n) is 9.87. The number of benzene rings is 3. The van der Waals surface area contributed by atoms with E-state index in [1.54, 1.807) is 37.3 Å². The van der Waals surface area contributed by atoms with Crippen molar-refractivity contribution in [2.45, 2.75) is 24.6 Å². The number of carboxylic acid groups (broad SMARTS) is 1. The van der Waals surface area contributed by atoms with Gasteiger partial charge in [-0.3, -0.25) is 14.4 Å². The molecule has 5 nitrogen and oxygen atoms in total. The molecule has 1 amide bonds. The highest BCUT2D eigenvalue weighted by atomic mass is 32.2. The van der Waals surface area contributed by atoms with Crippen LogP contribution in [-0.2, 0) is 16.0 Å². The number of amides is 1. The normalized spacial score (nSPS) is 12.5. The van der Waals surface area contributed by atoms with Gasteiger partial charge in [-0.2, -0.15) is 0 Å². The van der Waals surface area contributed by atoms with E-state index >= 15 is 0 Å². The summed E-state index contributed by atoms with van der Waals surface area (Å²) in [7, 11) is 0. The molecule has 0 aliphatic heterocycles. The minimum Gasteiger partial charge on any atom is -0.480 e. The van der Waals surface area contributed by atoms with E-state index < -0.39 is 22.4 Å². The van der Waals surface area contributed by atoms with E-state index in [0.717, 1.165) is 28.5 Å². The second-order valence-electron chi connectivity index (χ2n) is 7.09. The van der Waals surface area contributed by atoms with Gasteiger partial charge in [-0.1, -0.05) is 84.6 Å². The number of hydrogen-bond donors (Lipinski definition) is 2. The van der Waals surface area contributed by atoms with Crippen molar-refractivity contribution in [3.63, 3.8) is 0 Å². The minimum atomic E-state index is -1.06. The van der Waals surface area contributed by atoms with Gasteiger partial charge in [0.25, 0.3) is 5.91 Å². The first-order valence-corrected chi connectivity index (χ1v) is 10.8. The topological polar surface area (TPSA) is 83.5 Å². The first-order chi connectivity index (χ1) is 14.9. The Morgan fingerprint density at radius 1 is 0.839 bits per heavy atom. The summed E-state index contributed by atoms with van der Waals surface area (Å²) in [6.07, 6.45) is 0.208. The molecule has 0 saturated heterocycles. The van der Waals surface area contributed by atoms with Crippen LogP contribution in [0.5, 0.6) is 0 Å². The van der Waals surface area contributed by atoms with Gasteiger partial charge in [0.15, 0.2) is 0 Å². The molecule has 31 heavy (non-hydrogen) atoms. The Bertz CT molecular complexity index is 1040. The third-order valence-corrected chi connectivity index (χ3v) is 5.99. The number of hydrogen-bond acceptors (Lipinski definition) is 4. The van der Waals surface area contributed by atoms with Gasteiger partial charge >= 0.3 is 5.97 Å². The highest BCUT2D eigenvalue weighted by molar-refractivity contribution is 8.14. The molecule has 2 N–H and O–H groups in total. The summed E-state index contributed by atoms with van der Waals surface area (Å²) in [5, 5.41) is 10.9. The van der Waals surface area contributed by atoms with Crippen molar-refractivity contribution in [2.75, 3.05) is 0 Å². The molecule has 0 aliphatic carbocycles. The molecule has 3 aromatic carbocycles. The van der Waals surface area contributed by atoms with Crippen LogP contribution in [0, 0.1) is 0 Å². The average molecular weight is 434 g/mol. The van der Waals surface area contributed by atoms with Gasteiger partial charge in [0, 0.05) is 5.56 Å². The SMILES string of the molecule is C[C@H](NC(=O)c1ccccc1)C(=O)S[C@@H](Cc1ccc(-c2ccccc2)cc1)C(=O)O. The van der Waals surface area contributed by atoms with Crippen LogP contribution in [0.15, 0.2) is 84.9 Å². The van der Waals surface area contributed by atoms with Gasteiger partial charge in [-0.05, 0) is 42.2 Å². The maximum absolute atomic E-state index is 12.5. The van der Waals surface area contributed by atoms with E-state index in [2.05, 4.69) is 5.32 Å². The second-order valence-corrected chi connectivity index (χ2v) is 8.30. The van der Waals surface area contributed by atoms with Crippen LogP contribution < -0.4 is 5.32 Å². The van der Waals surface area contributed by atoms with Crippen molar-refractivity contribution in [1.29, 1.82) is 0 Å². The highest BCUT2D eigenvalue weighted by Gasteiger charge is 2.26. The Balaban J connectivity index is 1.61. The third kappa shape index (κ3) is 6.30. The van der Waals surface area contributed by atoms with E-state index in [1.165, 1.54) is 0 Å². The summed E-state index contributed by atoms with van der Waals surface area (Å²) in [5.41, 5.74) is 3.39. The molecule has 6 heteroatoms. The minimum absolute atomic E-state index is 0.208. The van der Waals surface area contributed by atoms with Gasteiger partial charge in [-0.15, -0.1) is 0 Å². The number of aliphatic carboxylic acids is 1. The maximum Gasteiger partial charge on any atom is 0.317 e. The molecule has 0 radical (unpaired) electrons. The molecule has 0 aliphatic rings. The van der Waals surface area contributed by atoms with Crippen molar-refractivity contribution < 1.29 is 19.5 Å². The molecular formula is C25H23NO4S. The van der Waals surface area contributed by atoms with Gasteiger partial charge in [-0.25, -0.2) is 0 Å². The molecular weight excluding hydrogens is 410 g/mol. The molecule has 0 aromatic heterocycles. The lowest BCUT2D eigenvalue weighted by Gasteiger charge is -2.16. The number of carboxylic acids is 1. The summed E-state index contributed by atoms with van der Waals surface area (Å²) in [5.74, 6) is -1.43. The Labute approximate surface area is 185 Å². The number of nitrogens with one attached hydrogen (secondary N) is 1. The van der Waals surface area contributed by atoms with Crippen molar-refractivity contribution in [3.8, 4) is 11.1 Å². The number of rotatable bonds is 8. The monoisotopic (exact) mass is 433 g/mol. The number of carbonyl (C=O) groups is 3. The van der Waals surface area contributed by atoms with Gasteiger partial charge in [0.2, 0.25) is 5.12 Å². The molecule has 2 atom stereocenters. The van der Waals surface area contributed by atoms with E-state index in [1.807, 2.05) is 54.6 Å².